The Morgan fingerprint density at radius 2 is 0.642 bits per heavy atom. The number of rotatable bonds is 70. The van der Waals surface area contributed by atoms with Crippen LogP contribution >= 0.6 is 0 Å². The van der Waals surface area contributed by atoms with Crippen LogP contribution in [-0.2, 0) is 14.3 Å². The maximum absolute atomic E-state index is 12.6. The average molecular weight is 1140 g/mol. The maximum atomic E-state index is 12.6. The molecule has 6 heteroatoms. The van der Waals surface area contributed by atoms with Gasteiger partial charge in [-0.2, -0.15) is 0 Å². The molecule has 0 fully saturated rings. The smallest absolute Gasteiger partial charge is 0.305 e. The van der Waals surface area contributed by atoms with Gasteiger partial charge in [0.15, 0.2) is 0 Å². The number of hydrogen-bond donors (Lipinski definition) is 3. The van der Waals surface area contributed by atoms with Crippen molar-refractivity contribution < 1.29 is 24.5 Å². The maximum Gasteiger partial charge on any atom is 0.305 e. The van der Waals surface area contributed by atoms with Gasteiger partial charge in [-0.15, -0.1) is 0 Å². The lowest BCUT2D eigenvalue weighted by atomic mass is 10.0. The summed E-state index contributed by atoms with van der Waals surface area (Å²) in [5, 5.41) is 23.5. The highest BCUT2D eigenvalue weighted by atomic mass is 16.5. The predicted molar refractivity (Wildman–Crippen MR) is 356 cm³/mol. The second kappa shape index (κ2) is 70.8. The summed E-state index contributed by atoms with van der Waals surface area (Å²) in [6.45, 7) is 4.93. The second-order valence-electron chi connectivity index (χ2n) is 25.6. The van der Waals surface area contributed by atoms with Crippen molar-refractivity contribution in [2.45, 2.75) is 431 Å². The molecule has 0 aliphatic rings. The van der Waals surface area contributed by atoms with E-state index in [-0.39, 0.29) is 18.5 Å². The number of nitrogens with one attached hydrogen (secondary N) is 1. The van der Waals surface area contributed by atoms with Gasteiger partial charge in [0.25, 0.3) is 0 Å². The van der Waals surface area contributed by atoms with Crippen molar-refractivity contribution in [1.82, 2.24) is 5.32 Å². The number of hydrogen-bond acceptors (Lipinski definition) is 5. The Labute approximate surface area is 507 Å². The third-order valence-corrected chi connectivity index (χ3v) is 17.5. The highest BCUT2D eigenvalue weighted by Gasteiger charge is 2.20. The molecule has 0 heterocycles. The van der Waals surface area contributed by atoms with Crippen LogP contribution in [0.3, 0.4) is 0 Å². The molecule has 0 aromatic rings. The lowest BCUT2D eigenvalue weighted by Gasteiger charge is -2.22. The Hall–Kier alpha value is -1.66. The molecule has 0 aromatic carbocycles. The van der Waals surface area contributed by atoms with Gasteiger partial charge in [-0.3, -0.25) is 9.59 Å². The zero-order chi connectivity index (χ0) is 58.5. The molecule has 0 bridgehead atoms. The Balaban J connectivity index is 3.36. The number of esters is 1. The van der Waals surface area contributed by atoms with Crippen LogP contribution in [0.2, 0.25) is 0 Å². The first kappa shape index (κ1) is 79.3. The molecule has 480 valence electrons. The molecule has 0 radical (unpaired) electrons. The first-order chi connectivity index (χ1) is 40.0. The minimum Gasteiger partial charge on any atom is -0.466 e. The summed E-state index contributed by atoms with van der Waals surface area (Å²) in [5.41, 5.74) is 0. The van der Waals surface area contributed by atoms with Gasteiger partial charge in [0.05, 0.1) is 25.4 Å². The Kier molecular flexibility index (Phi) is 69.4. The second-order valence-corrected chi connectivity index (χ2v) is 25.6. The van der Waals surface area contributed by atoms with E-state index in [1.807, 2.05) is 0 Å². The highest BCUT2D eigenvalue weighted by molar-refractivity contribution is 5.76. The van der Waals surface area contributed by atoms with Crippen LogP contribution in [0.15, 0.2) is 24.3 Å². The SMILES string of the molecule is CCC/C=C\C/C=C\CCCCCCCC(=O)OCCCCCCCCCCCCCCCCCCCCCCCCCCCCC(=O)NC(CO)C(O)CCCCCCCCCCCCCCCCCCCCCCCCCCC. The van der Waals surface area contributed by atoms with Crippen LogP contribution in [0.1, 0.15) is 418 Å². The van der Waals surface area contributed by atoms with E-state index in [1.165, 1.54) is 334 Å². The highest BCUT2D eigenvalue weighted by Crippen LogP contribution is 2.20. The molecule has 2 atom stereocenters. The molecular formula is C75H145NO5. The number of amides is 1. The fraction of sp³-hybridized carbons (Fsp3) is 0.920. The fourth-order valence-electron chi connectivity index (χ4n) is 11.9. The van der Waals surface area contributed by atoms with Crippen molar-refractivity contribution in [2.75, 3.05) is 13.2 Å². The molecule has 0 saturated heterocycles. The number of aliphatic hydroxyl groups excluding tert-OH is 2. The normalized spacial score (nSPS) is 12.6. The summed E-state index contributed by atoms with van der Waals surface area (Å²) < 4.78 is 5.48. The largest absolute Gasteiger partial charge is 0.466 e. The van der Waals surface area contributed by atoms with E-state index >= 15 is 0 Å². The standard InChI is InChI=1S/C75H145NO5/c1-3-5-7-9-11-13-15-17-18-19-20-21-22-25-28-31-34-37-40-44-47-51-55-59-63-67-73(78)72(71-77)76-74(79)68-64-60-56-52-48-45-41-38-35-32-29-26-23-24-27-30-33-36-39-42-46-50-54-58-62-66-70-81-75(80)69-65-61-57-53-49-43-16-14-12-10-8-6-4-2/h8,10,14,16,72-73,77-78H,3-7,9,11-13,15,17-71H2,1-2H3,(H,76,79)/b10-8-,16-14-. The predicted octanol–water partition coefficient (Wildman–Crippen LogP) is 24.1. The summed E-state index contributed by atoms with van der Waals surface area (Å²) in [4.78, 5) is 24.6. The third-order valence-electron chi connectivity index (χ3n) is 17.5. The van der Waals surface area contributed by atoms with E-state index in [9.17, 15) is 19.8 Å². The van der Waals surface area contributed by atoms with E-state index in [0.717, 1.165) is 51.4 Å². The summed E-state index contributed by atoms with van der Waals surface area (Å²) in [6.07, 6.45) is 89.6. The van der Waals surface area contributed by atoms with Crippen molar-refractivity contribution in [1.29, 1.82) is 0 Å². The van der Waals surface area contributed by atoms with Gasteiger partial charge in [-0.25, -0.2) is 0 Å². The number of carbonyl (C=O) groups excluding carboxylic acids is 2. The Morgan fingerprint density at radius 3 is 0.988 bits per heavy atom. The van der Waals surface area contributed by atoms with Crippen molar-refractivity contribution in [3.05, 3.63) is 24.3 Å². The number of unbranched alkanes of at least 4 members (excludes halogenated alkanes) is 55. The van der Waals surface area contributed by atoms with Gasteiger partial charge >= 0.3 is 5.97 Å². The molecule has 81 heavy (non-hydrogen) atoms. The van der Waals surface area contributed by atoms with E-state index in [4.69, 9.17) is 4.74 Å². The average Bonchev–Trinajstić information content (AvgIpc) is 3.47. The van der Waals surface area contributed by atoms with E-state index in [1.54, 1.807) is 0 Å². The first-order valence-corrected chi connectivity index (χ1v) is 37.1. The van der Waals surface area contributed by atoms with Crippen LogP contribution in [0.25, 0.3) is 0 Å². The topological polar surface area (TPSA) is 95.9 Å². The quantitative estimate of drug-likeness (QED) is 0.0320. The van der Waals surface area contributed by atoms with Gasteiger partial charge < -0.3 is 20.3 Å². The number of carbonyl (C=O) groups is 2. The van der Waals surface area contributed by atoms with Crippen molar-refractivity contribution in [3.63, 3.8) is 0 Å². The molecule has 1 amide bonds. The summed E-state index contributed by atoms with van der Waals surface area (Å²) in [7, 11) is 0. The molecule has 2 unspecified atom stereocenters. The van der Waals surface area contributed by atoms with Crippen LogP contribution in [0.5, 0.6) is 0 Å². The zero-order valence-corrected chi connectivity index (χ0v) is 55.0. The van der Waals surface area contributed by atoms with Crippen molar-refractivity contribution in [2.24, 2.45) is 0 Å². The van der Waals surface area contributed by atoms with Crippen molar-refractivity contribution in [3.8, 4) is 0 Å². The lowest BCUT2D eigenvalue weighted by Crippen LogP contribution is -2.45. The van der Waals surface area contributed by atoms with Crippen LogP contribution in [0, 0.1) is 0 Å². The number of allylic oxidation sites excluding steroid dienone is 4. The molecule has 0 spiro atoms. The number of aliphatic hydroxyl groups is 2. The van der Waals surface area contributed by atoms with Gasteiger partial charge in [-0.05, 0) is 51.4 Å². The molecule has 0 saturated carbocycles. The van der Waals surface area contributed by atoms with E-state index in [2.05, 4.69) is 43.5 Å². The van der Waals surface area contributed by atoms with Gasteiger partial charge in [0, 0.05) is 12.8 Å². The molecule has 0 aliphatic carbocycles. The molecular weight excluding hydrogens is 995 g/mol. The molecule has 0 aromatic heterocycles. The Morgan fingerprint density at radius 1 is 0.346 bits per heavy atom. The molecule has 3 N–H and O–H groups in total. The van der Waals surface area contributed by atoms with E-state index < -0.39 is 12.1 Å². The van der Waals surface area contributed by atoms with Gasteiger partial charge in [-0.1, -0.05) is 378 Å². The summed E-state index contributed by atoms with van der Waals surface area (Å²) >= 11 is 0. The summed E-state index contributed by atoms with van der Waals surface area (Å²) in [6, 6.07) is -0.541. The fourth-order valence-corrected chi connectivity index (χ4v) is 11.9. The Bertz CT molecular complexity index is 1270. The number of ether oxygens (including phenoxy) is 1. The molecule has 0 aliphatic heterocycles. The lowest BCUT2D eigenvalue weighted by molar-refractivity contribution is -0.143. The molecule has 6 nitrogen and oxygen atoms in total. The van der Waals surface area contributed by atoms with Crippen LogP contribution in [-0.4, -0.2) is 47.4 Å². The van der Waals surface area contributed by atoms with Crippen LogP contribution in [0.4, 0.5) is 0 Å². The van der Waals surface area contributed by atoms with Crippen LogP contribution < -0.4 is 5.32 Å². The first-order valence-electron chi connectivity index (χ1n) is 37.1. The minimum absolute atomic E-state index is 0.00282. The summed E-state index contributed by atoms with van der Waals surface area (Å²) in [5.74, 6) is -0.0246. The van der Waals surface area contributed by atoms with E-state index in [0.29, 0.717) is 25.9 Å². The van der Waals surface area contributed by atoms with Gasteiger partial charge in [0.2, 0.25) is 5.91 Å². The monoisotopic (exact) mass is 1140 g/mol. The van der Waals surface area contributed by atoms with Crippen molar-refractivity contribution >= 4 is 11.9 Å². The van der Waals surface area contributed by atoms with Gasteiger partial charge in [0.1, 0.15) is 0 Å². The minimum atomic E-state index is -0.664. The zero-order valence-electron chi connectivity index (χ0n) is 55.0. The molecule has 0 rings (SSSR count). The third kappa shape index (κ3) is 67.3.